The molecule has 0 saturated carbocycles. The van der Waals surface area contributed by atoms with Crippen molar-refractivity contribution in [3.05, 3.63) is 71.8 Å². The van der Waals surface area contributed by atoms with Gasteiger partial charge in [0.1, 0.15) is 23.1 Å². The van der Waals surface area contributed by atoms with E-state index in [2.05, 4.69) is 22.4 Å². The van der Waals surface area contributed by atoms with Gasteiger partial charge in [-0.25, -0.2) is 4.98 Å². The zero-order chi connectivity index (χ0) is 19.9. The van der Waals surface area contributed by atoms with Crippen molar-refractivity contribution in [2.75, 3.05) is 20.8 Å². The predicted octanol–water partition coefficient (Wildman–Crippen LogP) is 3.72. The lowest BCUT2D eigenvalue weighted by Crippen LogP contribution is -2.25. The lowest BCUT2D eigenvalue weighted by Gasteiger charge is -2.21. The minimum atomic E-state index is -0.125. The Balaban J connectivity index is 1.91. The molecule has 0 aliphatic rings. The van der Waals surface area contributed by atoms with Gasteiger partial charge < -0.3 is 18.8 Å². The number of rotatable bonds is 9. The van der Waals surface area contributed by atoms with Crippen LogP contribution in [0.15, 0.2) is 54.9 Å². The van der Waals surface area contributed by atoms with E-state index in [4.69, 9.17) is 14.2 Å². The molecular formula is C22H27N3O3. The minimum absolute atomic E-state index is 0.125. The van der Waals surface area contributed by atoms with Crippen LogP contribution in [-0.2, 0) is 13.6 Å². The van der Waals surface area contributed by atoms with Gasteiger partial charge in [0.25, 0.3) is 0 Å². The van der Waals surface area contributed by atoms with Crippen molar-refractivity contribution in [2.24, 2.45) is 7.05 Å². The Kier molecular flexibility index (Phi) is 6.55. The van der Waals surface area contributed by atoms with Crippen molar-refractivity contribution in [2.45, 2.75) is 19.5 Å². The number of benzene rings is 2. The molecule has 1 heterocycles. The number of imidazole rings is 1. The molecule has 3 aromatic rings. The number of nitrogens with one attached hydrogen (secondary N) is 1. The summed E-state index contributed by atoms with van der Waals surface area (Å²) in [6.45, 7) is 3.30. The highest BCUT2D eigenvalue weighted by Crippen LogP contribution is 2.29. The molecule has 1 aromatic heterocycles. The van der Waals surface area contributed by atoms with Crippen LogP contribution in [0.4, 0.5) is 0 Å². The summed E-state index contributed by atoms with van der Waals surface area (Å²) in [4.78, 5) is 4.56. The van der Waals surface area contributed by atoms with Gasteiger partial charge in [-0.3, -0.25) is 5.32 Å². The van der Waals surface area contributed by atoms with Gasteiger partial charge in [-0.1, -0.05) is 12.1 Å². The Bertz CT molecular complexity index is 885. The summed E-state index contributed by atoms with van der Waals surface area (Å²) >= 11 is 0. The second kappa shape index (κ2) is 9.28. The van der Waals surface area contributed by atoms with Crippen LogP contribution in [0.3, 0.4) is 0 Å². The Hall–Kier alpha value is -2.99. The monoisotopic (exact) mass is 381 g/mol. The molecule has 0 spiro atoms. The van der Waals surface area contributed by atoms with E-state index in [0.717, 1.165) is 34.2 Å². The van der Waals surface area contributed by atoms with E-state index in [-0.39, 0.29) is 6.04 Å². The SMILES string of the molecule is CCOc1cccc(CNC(c2cc(OC)cc(OC)c2)c2nccn2C)c1. The normalized spacial score (nSPS) is 11.9. The third-order valence-electron chi connectivity index (χ3n) is 4.54. The number of aryl methyl sites for hydroxylation is 1. The fraction of sp³-hybridized carbons (Fsp3) is 0.318. The molecule has 3 rings (SSSR count). The summed E-state index contributed by atoms with van der Waals surface area (Å²) in [5, 5.41) is 3.62. The second-order valence-corrected chi connectivity index (χ2v) is 6.44. The molecule has 2 aromatic carbocycles. The number of methoxy groups -OCH3 is 2. The maximum absolute atomic E-state index is 5.61. The Morgan fingerprint density at radius 3 is 2.39 bits per heavy atom. The number of nitrogens with zero attached hydrogens (tertiary/aromatic N) is 2. The molecular weight excluding hydrogens is 354 g/mol. The third-order valence-corrected chi connectivity index (χ3v) is 4.54. The first-order valence-electron chi connectivity index (χ1n) is 9.30. The average Bonchev–Trinajstić information content (AvgIpc) is 3.14. The molecule has 0 amide bonds. The van der Waals surface area contributed by atoms with Crippen LogP contribution in [0.5, 0.6) is 17.2 Å². The molecule has 0 fully saturated rings. The highest BCUT2D eigenvalue weighted by molar-refractivity contribution is 5.41. The van der Waals surface area contributed by atoms with Crippen molar-refractivity contribution >= 4 is 0 Å². The molecule has 1 unspecified atom stereocenters. The van der Waals surface area contributed by atoms with Gasteiger partial charge in [-0.15, -0.1) is 0 Å². The Morgan fingerprint density at radius 1 is 1.04 bits per heavy atom. The van der Waals surface area contributed by atoms with E-state index in [1.165, 1.54) is 0 Å². The third kappa shape index (κ3) is 4.64. The first-order valence-corrected chi connectivity index (χ1v) is 9.30. The lowest BCUT2D eigenvalue weighted by molar-refractivity contribution is 0.339. The van der Waals surface area contributed by atoms with E-state index in [1.807, 2.05) is 55.1 Å². The van der Waals surface area contributed by atoms with Gasteiger partial charge in [0.05, 0.1) is 26.9 Å². The number of hydrogen-bond acceptors (Lipinski definition) is 5. The van der Waals surface area contributed by atoms with E-state index in [9.17, 15) is 0 Å². The van der Waals surface area contributed by atoms with Crippen molar-refractivity contribution < 1.29 is 14.2 Å². The van der Waals surface area contributed by atoms with Crippen molar-refractivity contribution in [3.63, 3.8) is 0 Å². The smallest absolute Gasteiger partial charge is 0.130 e. The van der Waals surface area contributed by atoms with E-state index >= 15 is 0 Å². The fourth-order valence-electron chi connectivity index (χ4n) is 3.14. The molecule has 6 nitrogen and oxygen atoms in total. The summed E-state index contributed by atoms with van der Waals surface area (Å²) in [6, 6.07) is 13.9. The molecule has 0 aliphatic heterocycles. The van der Waals surface area contributed by atoms with Crippen LogP contribution in [-0.4, -0.2) is 30.4 Å². The summed E-state index contributed by atoms with van der Waals surface area (Å²) in [5.41, 5.74) is 2.16. The van der Waals surface area contributed by atoms with Crippen molar-refractivity contribution in [3.8, 4) is 17.2 Å². The van der Waals surface area contributed by atoms with Crippen LogP contribution in [0.2, 0.25) is 0 Å². The van der Waals surface area contributed by atoms with Crippen LogP contribution in [0.1, 0.15) is 29.9 Å². The van der Waals surface area contributed by atoms with Crippen molar-refractivity contribution in [1.29, 1.82) is 0 Å². The number of aromatic nitrogens is 2. The molecule has 0 saturated heterocycles. The van der Waals surface area contributed by atoms with Crippen LogP contribution in [0.25, 0.3) is 0 Å². The number of ether oxygens (including phenoxy) is 3. The topological polar surface area (TPSA) is 57.5 Å². The maximum atomic E-state index is 5.61. The first kappa shape index (κ1) is 19.8. The predicted molar refractivity (Wildman–Crippen MR) is 109 cm³/mol. The summed E-state index contributed by atoms with van der Waals surface area (Å²) in [6.07, 6.45) is 3.74. The quantitative estimate of drug-likeness (QED) is 0.612. The van der Waals surface area contributed by atoms with E-state index in [0.29, 0.717) is 13.2 Å². The van der Waals surface area contributed by atoms with E-state index < -0.39 is 0 Å². The standard InChI is InChI=1S/C22H27N3O3/c1-5-28-18-8-6-7-16(11-18)15-24-21(22-23-9-10-25(22)2)17-12-19(26-3)14-20(13-17)27-4/h6-14,21,24H,5,15H2,1-4H3. The van der Waals surface area contributed by atoms with Gasteiger partial charge >= 0.3 is 0 Å². The highest BCUT2D eigenvalue weighted by atomic mass is 16.5. The summed E-state index contributed by atoms with van der Waals surface area (Å²) < 4.78 is 18.5. The zero-order valence-corrected chi connectivity index (χ0v) is 16.8. The summed E-state index contributed by atoms with van der Waals surface area (Å²) in [5.74, 6) is 3.28. The molecule has 0 radical (unpaired) electrons. The average molecular weight is 381 g/mol. The molecule has 0 bridgehead atoms. The van der Waals surface area contributed by atoms with Gasteiger partial charge in [0.15, 0.2) is 0 Å². The van der Waals surface area contributed by atoms with Gasteiger partial charge in [0.2, 0.25) is 0 Å². The van der Waals surface area contributed by atoms with Crippen LogP contribution in [0, 0.1) is 0 Å². The lowest BCUT2D eigenvalue weighted by atomic mass is 10.0. The largest absolute Gasteiger partial charge is 0.497 e. The molecule has 148 valence electrons. The van der Waals surface area contributed by atoms with E-state index in [1.54, 1.807) is 20.4 Å². The minimum Gasteiger partial charge on any atom is -0.497 e. The first-order chi connectivity index (χ1) is 13.6. The summed E-state index contributed by atoms with van der Waals surface area (Å²) in [7, 11) is 5.30. The second-order valence-electron chi connectivity index (χ2n) is 6.44. The zero-order valence-electron chi connectivity index (χ0n) is 16.8. The van der Waals surface area contributed by atoms with Crippen molar-refractivity contribution in [1.82, 2.24) is 14.9 Å². The molecule has 28 heavy (non-hydrogen) atoms. The Morgan fingerprint density at radius 2 is 1.79 bits per heavy atom. The number of hydrogen-bond donors (Lipinski definition) is 1. The Labute approximate surface area is 166 Å². The van der Waals surface area contributed by atoms with Gasteiger partial charge in [0, 0.05) is 32.1 Å². The molecule has 6 heteroatoms. The maximum Gasteiger partial charge on any atom is 0.130 e. The highest BCUT2D eigenvalue weighted by Gasteiger charge is 2.20. The molecule has 1 atom stereocenters. The molecule has 0 aliphatic carbocycles. The van der Waals surface area contributed by atoms with Gasteiger partial charge in [-0.05, 0) is 42.3 Å². The molecule has 1 N–H and O–H groups in total. The fourth-order valence-corrected chi connectivity index (χ4v) is 3.14. The van der Waals surface area contributed by atoms with Crippen LogP contribution < -0.4 is 19.5 Å². The van der Waals surface area contributed by atoms with Gasteiger partial charge in [-0.2, -0.15) is 0 Å². The van der Waals surface area contributed by atoms with Crippen LogP contribution >= 0.6 is 0 Å².